The lowest BCUT2D eigenvalue weighted by Gasteiger charge is -2.24. The summed E-state index contributed by atoms with van der Waals surface area (Å²) in [6, 6.07) is 0. The summed E-state index contributed by atoms with van der Waals surface area (Å²) in [5.41, 5.74) is 0.384. The number of hydrogen-bond acceptors (Lipinski definition) is 5. The van der Waals surface area contributed by atoms with Crippen LogP contribution in [-0.4, -0.2) is 53.8 Å². The highest BCUT2D eigenvalue weighted by Gasteiger charge is 2.31. The van der Waals surface area contributed by atoms with E-state index in [1.807, 2.05) is 14.0 Å². The van der Waals surface area contributed by atoms with Crippen molar-refractivity contribution in [2.45, 2.75) is 57.8 Å². The molecule has 1 fully saturated rings. The lowest BCUT2D eigenvalue weighted by Crippen LogP contribution is -2.40. The van der Waals surface area contributed by atoms with Crippen LogP contribution in [0.4, 0.5) is 0 Å². The summed E-state index contributed by atoms with van der Waals surface area (Å²) >= 11 is 1.62. The number of aliphatic hydroxyl groups is 1. The molecule has 0 spiro atoms. The molecule has 8 heteroatoms. The molecule has 2 N–H and O–H groups in total. The van der Waals surface area contributed by atoms with Crippen molar-refractivity contribution in [2.24, 2.45) is 4.99 Å². The van der Waals surface area contributed by atoms with Gasteiger partial charge in [0, 0.05) is 26.1 Å². The topological polar surface area (TPSA) is 70.0 Å². The monoisotopic (exact) mass is 482 g/mol. The van der Waals surface area contributed by atoms with Gasteiger partial charge in [0.15, 0.2) is 5.96 Å². The van der Waals surface area contributed by atoms with Crippen LogP contribution in [0.25, 0.3) is 0 Å². The van der Waals surface area contributed by atoms with E-state index in [0.29, 0.717) is 13.1 Å². The lowest BCUT2D eigenvalue weighted by atomic mass is 10.0. The Labute approximate surface area is 172 Å². The first-order valence-electron chi connectivity index (χ1n) is 8.66. The van der Waals surface area contributed by atoms with Gasteiger partial charge in [-0.05, 0) is 26.7 Å². The van der Waals surface area contributed by atoms with E-state index in [1.54, 1.807) is 18.4 Å². The zero-order valence-corrected chi connectivity index (χ0v) is 18.8. The fourth-order valence-corrected chi connectivity index (χ4v) is 3.73. The zero-order valence-electron chi connectivity index (χ0n) is 15.6. The molecule has 25 heavy (non-hydrogen) atoms. The van der Waals surface area contributed by atoms with E-state index in [1.165, 1.54) is 0 Å². The number of methoxy groups -OCH3 is 1. The smallest absolute Gasteiger partial charge is 0.194 e. The number of nitrogens with one attached hydrogen (secondary N) is 1. The van der Waals surface area contributed by atoms with Crippen LogP contribution < -0.4 is 5.32 Å². The maximum Gasteiger partial charge on any atom is 0.194 e. The van der Waals surface area contributed by atoms with E-state index < -0.39 is 5.60 Å². The van der Waals surface area contributed by atoms with Crippen LogP contribution >= 0.6 is 35.3 Å². The van der Waals surface area contributed by atoms with E-state index in [-0.39, 0.29) is 30.1 Å². The van der Waals surface area contributed by atoms with Gasteiger partial charge >= 0.3 is 0 Å². The molecule has 1 unspecified atom stereocenters. The van der Waals surface area contributed by atoms with Crippen molar-refractivity contribution in [3.05, 3.63) is 16.1 Å². The summed E-state index contributed by atoms with van der Waals surface area (Å²) in [4.78, 5) is 11.3. The first-order valence-corrected chi connectivity index (χ1v) is 9.54. The molecule has 1 aliphatic carbocycles. The predicted molar refractivity (Wildman–Crippen MR) is 114 cm³/mol. The first kappa shape index (κ1) is 22.6. The second-order valence-corrected chi connectivity index (χ2v) is 7.40. The van der Waals surface area contributed by atoms with Gasteiger partial charge in [0.05, 0.1) is 24.4 Å². The molecule has 1 saturated carbocycles. The number of halogens is 1. The summed E-state index contributed by atoms with van der Waals surface area (Å²) in [7, 11) is 3.69. The number of rotatable bonds is 7. The third kappa shape index (κ3) is 6.65. The molecule has 1 atom stereocenters. The molecule has 0 amide bonds. The number of ether oxygens (including phenoxy) is 1. The molecule has 0 radical (unpaired) electrons. The van der Waals surface area contributed by atoms with Crippen LogP contribution in [0.3, 0.4) is 0 Å². The Bertz CT molecular complexity index is 547. The fraction of sp³-hybridized carbons (Fsp3) is 0.765. The van der Waals surface area contributed by atoms with Crippen molar-refractivity contribution in [2.75, 3.05) is 27.2 Å². The molecule has 144 valence electrons. The number of hydrogen-bond donors (Lipinski definition) is 2. The van der Waals surface area contributed by atoms with Crippen molar-refractivity contribution < 1.29 is 9.84 Å². The number of aliphatic imine (C=N–C) groups is 1. The van der Waals surface area contributed by atoms with Crippen LogP contribution in [0.5, 0.6) is 0 Å². The van der Waals surface area contributed by atoms with Gasteiger partial charge in [-0.15, -0.1) is 35.3 Å². The second-order valence-electron chi connectivity index (χ2n) is 6.51. The van der Waals surface area contributed by atoms with Crippen LogP contribution in [0, 0.1) is 0 Å². The lowest BCUT2D eigenvalue weighted by molar-refractivity contribution is 0.0572. The van der Waals surface area contributed by atoms with Gasteiger partial charge in [0.2, 0.25) is 0 Å². The van der Waals surface area contributed by atoms with Gasteiger partial charge in [-0.1, -0.05) is 12.8 Å². The number of aromatic nitrogens is 1. The zero-order chi connectivity index (χ0) is 17.6. The second kappa shape index (κ2) is 10.6. The third-order valence-corrected chi connectivity index (χ3v) is 5.48. The molecule has 0 aliphatic heterocycles. The highest BCUT2D eigenvalue weighted by molar-refractivity contribution is 14.0. The van der Waals surface area contributed by atoms with Crippen LogP contribution in [0.1, 0.15) is 56.3 Å². The molecular weight excluding hydrogens is 451 g/mol. The van der Waals surface area contributed by atoms with Gasteiger partial charge < -0.3 is 20.1 Å². The molecule has 1 aromatic rings. The third-order valence-electron chi connectivity index (χ3n) is 4.42. The minimum atomic E-state index is -0.622. The molecular formula is C17H31IN4O2S. The highest BCUT2D eigenvalue weighted by Crippen LogP contribution is 2.29. The van der Waals surface area contributed by atoms with Crippen LogP contribution in [0.2, 0.25) is 0 Å². The number of thiazole rings is 1. The minimum Gasteiger partial charge on any atom is -0.388 e. The number of guanidine groups is 1. The van der Waals surface area contributed by atoms with Crippen molar-refractivity contribution in [3.63, 3.8) is 0 Å². The summed E-state index contributed by atoms with van der Waals surface area (Å²) in [6.45, 7) is 5.99. The van der Waals surface area contributed by atoms with Gasteiger partial charge in [-0.3, -0.25) is 4.99 Å². The van der Waals surface area contributed by atoms with Gasteiger partial charge in [0.1, 0.15) is 11.1 Å². The average molecular weight is 482 g/mol. The van der Waals surface area contributed by atoms with E-state index in [9.17, 15) is 5.11 Å². The Hall–Kier alpha value is -0.450. The maximum absolute atomic E-state index is 10.5. The predicted octanol–water partition coefficient (Wildman–Crippen LogP) is 3.17. The normalized spacial score (nSPS) is 17.9. The number of nitrogens with zero attached hydrogens (tertiary/aromatic N) is 3. The molecule has 0 bridgehead atoms. The average Bonchev–Trinajstić information content (AvgIpc) is 3.20. The van der Waals surface area contributed by atoms with Gasteiger partial charge in [0.25, 0.3) is 0 Å². The summed E-state index contributed by atoms with van der Waals surface area (Å²) in [5, 5.41) is 16.8. The largest absolute Gasteiger partial charge is 0.388 e. The molecule has 0 saturated heterocycles. The van der Waals surface area contributed by atoms with E-state index >= 15 is 0 Å². The van der Waals surface area contributed by atoms with E-state index in [0.717, 1.165) is 48.9 Å². The Morgan fingerprint density at radius 2 is 2.20 bits per heavy atom. The van der Waals surface area contributed by atoms with Crippen molar-refractivity contribution in [1.29, 1.82) is 0 Å². The Kier molecular flexibility index (Phi) is 9.61. The standard InChI is InChI=1S/C17H30N4O2S.HI/c1-5-18-16(19-12-17(22)8-6-7-9-17)21(3)10-14-11-24-15(20-14)13(2)23-4;/h11,13,22H,5-10,12H2,1-4H3,(H,18,19);1H. The van der Waals surface area contributed by atoms with E-state index in [4.69, 9.17) is 4.74 Å². The van der Waals surface area contributed by atoms with Crippen molar-refractivity contribution in [1.82, 2.24) is 15.2 Å². The summed E-state index contributed by atoms with van der Waals surface area (Å²) in [5.74, 6) is 0.812. The molecule has 6 nitrogen and oxygen atoms in total. The molecule has 0 aromatic carbocycles. The maximum atomic E-state index is 10.5. The molecule has 1 aromatic heterocycles. The Balaban J connectivity index is 0.00000312. The Morgan fingerprint density at radius 1 is 1.52 bits per heavy atom. The molecule has 1 aliphatic rings. The SMILES string of the molecule is CCNC(=NCC1(O)CCCC1)N(C)Cc1csc(C(C)OC)n1.I. The molecule has 1 heterocycles. The molecule has 2 rings (SSSR count). The van der Waals surface area contributed by atoms with Crippen LogP contribution in [-0.2, 0) is 11.3 Å². The fourth-order valence-electron chi connectivity index (χ4n) is 2.88. The highest BCUT2D eigenvalue weighted by atomic mass is 127. The quantitative estimate of drug-likeness (QED) is 0.355. The summed E-state index contributed by atoms with van der Waals surface area (Å²) < 4.78 is 5.32. The Morgan fingerprint density at radius 3 is 2.80 bits per heavy atom. The van der Waals surface area contributed by atoms with Gasteiger partial charge in [-0.25, -0.2) is 4.98 Å². The van der Waals surface area contributed by atoms with E-state index in [2.05, 4.69) is 32.5 Å². The van der Waals surface area contributed by atoms with Gasteiger partial charge in [-0.2, -0.15) is 0 Å². The van der Waals surface area contributed by atoms with Crippen molar-refractivity contribution in [3.8, 4) is 0 Å². The van der Waals surface area contributed by atoms with Crippen LogP contribution in [0.15, 0.2) is 10.4 Å². The first-order chi connectivity index (χ1) is 11.5. The van der Waals surface area contributed by atoms with Crippen molar-refractivity contribution >= 4 is 41.3 Å². The summed E-state index contributed by atoms with van der Waals surface area (Å²) in [6.07, 6.45) is 3.91. The minimum absolute atomic E-state index is 0.